The van der Waals surface area contributed by atoms with E-state index in [-0.39, 0.29) is 5.75 Å². The Bertz CT molecular complexity index is 477. The number of phenolic OH excluding ortho intramolecular Hbond substituents is 1. The Labute approximate surface area is 98.0 Å². The topological polar surface area (TPSA) is 55.5 Å². The highest BCUT2D eigenvalue weighted by Gasteiger charge is 2.00. The number of aromatic hydroxyl groups is 1. The van der Waals surface area contributed by atoms with Crippen molar-refractivity contribution in [2.24, 2.45) is 0 Å². The van der Waals surface area contributed by atoms with Gasteiger partial charge in [0.15, 0.2) is 0 Å². The number of nitrogens with two attached hydrogens (primary N) is 1. The van der Waals surface area contributed by atoms with E-state index in [9.17, 15) is 0 Å². The number of anilines is 1. The van der Waals surface area contributed by atoms with Gasteiger partial charge in [-0.3, -0.25) is 0 Å². The normalized spacial score (nSPS) is 10.1. The first-order valence-corrected chi connectivity index (χ1v) is 5.04. The van der Waals surface area contributed by atoms with E-state index in [2.05, 4.69) is 0 Å². The van der Waals surface area contributed by atoms with Crippen molar-refractivity contribution in [1.29, 1.82) is 0 Å². The van der Waals surface area contributed by atoms with Crippen molar-refractivity contribution < 1.29 is 9.84 Å². The van der Waals surface area contributed by atoms with Crippen LogP contribution < -0.4 is 10.5 Å². The molecule has 82 valence electrons. The van der Waals surface area contributed by atoms with Gasteiger partial charge >= 0.3 is 0 Å². The average Bonchev–Trinajstić information content (AvgIpc) is 2.20. The van der Waals surface area contributed by atoms with Crippen LogP contribution in [0.15, 0.2) is 42.5 Å². The van der Waals surface area contributed by atoms with Gasteiger partial charge in [0.1, 0.15) is 17.2 Å². The van der Waals surface area contributed by atoms with E-state index in [1.54, 1.807) is 42.5 Å². The fraction of sp³-hybridized carbons (Fsp3) is 0. The summed E-state index contributed by atoms with van der Waals surface area (Å²) in [5.41, 5.74) is 6.18. The van der Waals surface area contributed by atoms with E-state index < -0.39 is 0 Å². The summed E-state index contributed by atoms with van der Waals surface area (Å²) >= 11 is 5.84. The van der Waals surface area contributed by atoms with Crippen LogP contribution in [0.3, 0.4) is 0 Å². The van der Waals surface area contributed by atoms with E-state index in [1.807, 2.05) is 0 Å². The molecule has 0 unspecified atom stereocenters. The first kappa shape index (κ1) is 10.6. The third kappa shape index (κ3) is 2.58. The highest BCUT2D eigenvalue weighted by Crippen LogP contribution is 2.27. The number of rotatable bonds is 2. The predicted octanol–water partition coefficient (Wildman–Crippen LogP) is 3.42. The summed E-state index contributed by atoms with van der Waals surface area (Å²) in [6.45, 7) is 0. The van der Waals surface area contributed by atoms with Crippen LogP contribution in [0.5, 0.6) is 17.2 Å². The second-order valence-electron chi connectivity index (χ2n) is 3.32. The van der Waals surface area contributed by atoms with Crippen molar-refractivity contribution in [1.82, 2.24) is 0 Å². The van der Waals surface area contributed by atoms with Crippen molar-refractivity contribution in [2.75, 3.05) is 5.73 Å². The van der Waals surface area contributed by atoms with Gasteiger partial charge in [-0.2, -0.15) is 0 Å². The molecule has 3 N–H and O–H groups in total. The minimum atomic E-state index is 0.193. The summed E-state index contributed by atoms with van der Waals surface area (Å²) in [7, 11) is 0. The number of nitrogen functional groups attached to an aromatic ring is 1. The third-order valence-electron chi connectivity index (χ3n) is 1.97. The van der Waals surface area contributed by atoms with Crippen LogP contribution in [0.4, 0.5) is 5.69 Å². The zero-order valence-corrected chi connectivity index (χ0v) is 9.11. The van der Waals surface area contributed by atoms with E-state index >= 15 is 0 Å². The van der Waals surface area contributed by atoms with Crippen molar-refractivity contribution in [3.8, 4) is 17.2 Å². The van der Waals surface area contributed by atoms with Crippen molar-refractivity contribution in [2.45, 2.75) is 0 Å². The van der Waals surface area contributed by atoms with Crippen LogP contribution in [0.2, 0.25) is 5.02 Å². The molecule has 16 heavy (non-hydrogen) atoms. The molecule has 0 fully saturated rings. The first-order chi connectivity index (χ1) is 7.63. The Morgan fingerprint density at radius 3 is 2.31 bits per heavy atom. The molecule has 2 aromatic carbocycles. The number of benzene rings is 2. The summed E-state index contributed by atoms with van der Waals surface area (Å²) in [6.07, 6.45) is 0. The van der Waals surface area contributed by atoms with E-state index in [0.29, 0.717) is 22.2 Å². The van der Waals surface area contributed by atoms with Gasteiger partial charge in [0.25, 0.3) is 0 Å². The van der Waals surface area contributed by atoms with Gasteiger partial charge < -0.3 is 15.6 Å². The van der Waals surface area contributed by atoms with Crippen LogP contribution in [-0.4, -0.2) is 5.11 Å². The van der Waals surface area contributed by atoms with Crippen LogP contribution >= 0.6 is 11.6 Å². The molecule has 0 atom stereocenters. The number of hydrogen-bond acceptors (Lipinski definition) is 3. The Morgan fingerprint density at radius 1 is 1.00 bits per heavy atom. The maximum atomic E-state index is 9.11. The Morgan fingerprint density at radius 2 is 1.69 bits per heavy atom. The lowest BCUT2D eigenvalue weighted by molar-refractivity contribution is 0.464. The van der Waals surface area contributed by atoms with Gasteiger partial charge in [-0.05, 0) is 36.4 Å². The molecule has 4 heteroatoms. The summed E-state index contributed by atoms with van der Waals surface area (Å²) < 4.78 is 5.52. The van der Waals surface area contributed by atoms with Crippen LogP contribution in [0, 0.1) is 0 Å². The lowest BCUT2D eigenvalue weighted by atomic mass is 10.3. The standard InChI is InChI=1S/C12H10ClNO2/c13-8-5-9(14)7-12(6-8)16-11-3-1-10(15)2-4-11/h1-7,15H,14H2. The van der Waals surface area contributed by atoms with Gasteiger partial charge in [0.2, 0.25) is 0 Å². The molecule has 0 aromatic heterocycles. The molecule has 2 aromatic rings. The summed E-state index contributed by atoms with van der Waals surface area (Å²) in [5, 5.41) is 9.64. The molecule has 0 aliphatic rings. The lowest BCUT2D eigenvalue weighted by Crippen LogP contribution is -1.88. The Balaban J connectivity index is 2.23. The smallest absolute Gasteiger partial charge is 0.130 e. The molecule has 2 rings (SSSR count). The van der Waals surface area contributed by atoms with Crippen molar-refractivity contribution in [3.05, 3.63) is 47.5 Å². The minimum Gasteiger partial charge on any atom is -0.508 e. The highest BCUT2D eigenvalue weighted by molar-refractivity contribution is 6.31. The zero-order valence-electron chi connectivity index (χ0n) is 8.35. The van der Waals surface area contributed by atoms with Gasteiger partial charge in [-0.15, -0.1) is 0 Å². The molecule has 0 bridgehead atoms. The van der Waals surface area contributed by atoms with Crippen LogP contribution in [0.1, 0.15) is 0 Å². The monoisotopic (exact) mass is 235 g/mol. The van der Waals surface area contributed by atoms with Gasteiger partial charge in [0, 0.05) is 16.8 Å². The maximum absolute atomic E-state index is 9.11. The molecule has 0 aliphatic carbocycles. The molecule has 0 heterocycles. The summed E-state index contributed by atoms with van der Waals surface area (Å²) in [4.78, 5) is 0. The molecule has 3 nitrogen and oxygen atoms in total. The number of hydrogen-bond donors (Lipinski definition) is 2. The number of halogens is 1. The van der Waals surface area contributed by atoms with Crippen LogP contribution in [0.25, 0.3) is 0 Å². The minimum absolute atomic E-state index is 0.193. The molecule has 0 aliphatic heterocycles. The number of ether oxygens (including phenoxy) is 1. The van der Waals surface area contributed by atoms with Gasteiger partial charge in [0.05, 0.1) is 0 Å². The predicted molar refractivity (Wildman–Crippen MR) is 64.0 cm³/mol. The second-order valence-corrected chi connectivity index (χ2v) is 3.75. The molecular weight excluding hydrogens is 226 g/mol. The second kappa shape index (κ2) is 4.33. The van der Waals surface area contributed by atoms with E-state index in [0.717, 1.165) is 0 Å². The Hall–Kier alpha value is -1.87. The fourth-order valence-electron chi connectivity index (χ4n) is 1.29. The summed E-state index contributed by atoms with van der Waals surface area (Å²) in [5.74, 6) is 1.37. The molecule has 0 amide bonds. The quantitative estimate of drug-likeness (QED) is 0.785. The average molecular weight is 236 g/mol. The number of phenols is 1. The Kier molecular flexibility index (Phi) is 2.88. The van der Waals surface area contributed by atoms with Gasteiger partial charge in [-0.1, -0.05) is 11.6 Å². The largest absolute Gasteiger partial charge is 0.508 e. The first-order valence-electron chi connectivity index (χ1n) is 4.66. The lowest BCUT2D eigenvalue weighted by Gasteiger charge is -2.06. The molecular formula is C12H10ClNO2. The highest BCUT2D eigenvalue weighted by atomic mass is 35.5. The molecule has 0 saturated carbocycles. The molecule has 0 saturated heterocycles. The molecule has 0 spiro atoms. The SMILES string of the molecule is Nc1cc(Cl)cc(Oc2ccc(O)cc2)c1. The fourth-order valence-corrected chi connectivity index (χ4v) is 1.53. The maximum Gasteiger partial charge on any atom is 0.130 e. The van der Waals surface area contributed by atoms with Crippen molar-refractivity contribution in [3.63, 3.8) is 0 Å². The van der Waals surface area contributed by atoms with Crippen molar-refractivity contribution >= 4 is 17.3 Å². The van der Waals surface area contributed by atoms with E-state index in [4.69, 9.17) is 27.2 Å². The zero-order chi connectivity index (χ0) is 11.5. The summed E-state index contributed by atoms with van der Waals surface area (Å²) in [6, 6.07) is 11.4. The van der Waals surface area contributed by atoms with Gasteiger partial charge in [-0.25, -0.2) is 0 Å². The molecule has 0 radical (unpaired) electrons. The van der Waals surface area contributed by atoms with Crippen LogP contribution in [-0.2, 0) is 0 Å². The van der Waals surface area contributed by atoms with E-state index in [1.165, 1.54) is 0 Å². The third-order valence-corrected chi connectivity index (χ3v) is 2.18.